The van der Waals surface area contributed by atoms with Crippen LogP contribution in [0.25, 0.3) is 0 Å². The first-order valence-electron chi connectivity index (χ1n) is 9.96. The lowest BCUT2D eigenvalue weighted by molar-refractivity contribution is -0.122. The monoisotopic (exact) mass is 381 g/mol. The highest BCUT2D eigenvalue weighted by Crippen LogP contribution is 2.09. The van der Waals surface area contributed by atoms with Gasteiger partial charge < -0.3 is 10.6 Å². The molecule has 0 aliphatic carbocycles. The lowest BCUT2D eigenvalue weighted by atomic mass is 10.0. The molecule has 2 unspecified atom stereocenters. The van der Waals surface area contributed by atoms with Crippen LogP contribution in [0.3, 0.4) is 0 Å². The Morgan fingerprint density at radius 2 is 1.50 bits per heavy atom. The maximum atomic E-state index is 12.5. The molecule has 0 aliphatic heterocycles. The van der Waals surface area contributed by atoms with E-state index in [1.807, 2.05) is 24.3 Å². The SMILES string of the molecule is CCN(CC)C(CNC(=O)C(C)NC(=O)c1ccccc1)Cc1ccccc1. The summed E-state index contributed by atoms with van der Waals surface area (Å²) < 4.78 is 0. The minimum absolute atomic E-state index is 0.172. The lowest BCUT2D eigenvalue weighted by Crippen LogP contribution is -2.50. The normalized spacial score (nSPS) is 13.0. The van der Waals surface area contributed by atoms with Gasteiger partial charge in [0.25, 0.3) is 5.91 Å². The Balaban J connectivity index is 1.93. The summed E-state index contributed by atoms with van der Waals surface area (Å²) in [5.41, 5.74) is 1.80. The summed E-state index contributed by atoms with van der Waals surface area (Å²) in [6.07, 6.45) is 0.869. The van der Waals surface area contributed by atoms with Gasteiger partial charge in [-0.25, -0.2) is 0 Å². The molecule has 0 fully saturated rings. The average Bonchev–Trinajstić information content (AvgIpc) is 2.73. The molecule has 2 aromatic rings. The molecule has 0 aliphatic rings. The van der Waals surface area contributed by atoms with E-state index < -0.39 is 6.04 Å². The van der Waals surface area contributed by atoms with Crippen LogP contribution in [-0.4, -0.2) is 48.4 Å². The third kappa shape index (κ3) is 6.50. The van der Waals surface area contributed by atoms with Crippen molar-refractivity contribution in [2.45, 2.75) is 39.3 Å². The molecule has 0 saturated carbocycles. The Hall–Kier alpha value is -2.66. The maximum Gasteiger partial charge on any atom is 0.251 e. The van der Waals surface area contributed by atoms with Crippen molar-refractivity contribution in [1.82, 2.24) is 15.5 Å². The number of benzene rings is 2. The highest BCUT2D eigenvalue weighted by Gasteiger charge is 2.20. The van der Waals surface area contributed by atoms with Crippen LogP contribution in [-0.2, 0) is 11.2 Å². The molecular weight excluding hydrogens is 350 g/mol. The summed E-state index contributed by atoms with van der Waals surface area (Å²) in [6.45, 7) is 8.35. The second-order valence-electron chi connectivity index (χ2n) is 6.87. The van der Waals surface area contributed by atoms with E-state index in [1.165, 1.54) is 5.56 Å². The highest BCUT2D eigenvalue weighted by molar-refractivity contribution is 5.97. The van der Waals surface area contributed by atoms with Gasteiger partial charge in [0.1, 0.15) is 6.04 Å². The predicted molar refractivity (Wildman–Crippen MR) is 113 cm³/mol. The van der Waals surface area contributed by atoms with Crippen molar-refractivity contribution in [3.8, 4) is 0 Å². The van der Waals surface area contributed by atoms with Crippen molar-refractivity contribution >= 4 is 11.8 Å². The predicted octanol–water partition coefficient (Wildman–Crippen LogP) is 2.87. The lowest BCUT2D eigenvalue weighted by Gasteiger charge is -2.30. The zero-order chi connectivity index (χ0) is 20.4. The minimum atomic E-state index is -0.596. The van der Waals surface area contributed by atoms with Crippen molar-refractivity contribution in [2.24, 2.45) is 0 Å². The molecule has 0 saturated heterocycles. The molecule has 2 aromatic carbocycles. The number of hydrogen-bond acceptors (Lipinski definition) is 3. The zero-order valence-electron chi connectivity index (χ0n) is 17.0. The molecule has 5 nitrogen and oxygen atoms in total. The second kappa shape index (κ2) is 11.2. The molecule has 2 N–H and O–H groups in total. The summed E-state index contributed by atoms with van der Waals surface area (Å²) in [5.74, 6) is -0.415. The maximum absolute atomic E-state index is 12.5. The quantitative estimate of drug-likeness (QED) is 0.665. The first-order valence-corrected chi connectivity index (χ1v) is 9.96. The van der Waals surface area contributed by atoms with Gasteiger partial charge in [0.05, 0.1) is 0 Å². The molecule has 0 radical (unpaired) electrons. The Kier molecular flexibility index (Phi) is 8.69. The standard InChI is InChI=1S/C23H31N3O2/c1-4-26(5-2)21(16-19-12-8-6-9-13-19)17-24-22(27)18(3)25-23(28)20-14-10-7-11-15-20/h6-15,18,21H,4-5,16-17H2,1-3H3,(H,24,27)(H,25,28). The van der Waals surface area contributed by atoms with Gasteiger partial charge in [-0.2, -0.15) is 0 Å². The summed E-state index contributed by atoms with van der Waals surface area (Å²) in [5, 5.41) is 5.78. The molecule has 0 aromatic heterocycles. The van der Waals surface area contributed by atoms with E-state index in [0.29, 0.717) is 12.1 Å². The summed E-state index contributed by atoms with van der Waals surface area (Å²) in [4.78, 5) is 27.1. The number of carbonyl (C=O) groups is 2. The fourth-order valence-corrected chi connectivity index (χ4v) is 3.26. The van der Waals surface area contributed by atoms with Crippen LogP contribution >= 0.6 is 0 Å². The van der Waals surface area contributed by atoms with Gasteiger partial charge in [0.15, 0.2) is 0 Å². The first-order chi connectivity index (χ1) is 13.5. The molecule has 5 heteroatoms. The van der Waals surface area contributed by atoms with Gasteiger partial charge in [-0.15, -0.1) is 0 Å². The number of hydrogen-bond donors (Lipinski definition) is 2. The molecule has 2 amide bonds. The second-order valence-corrected chi connectivity index (χ2v) is 6.87. The summed E-state index contributed by atoms with van der Waals surface area (Å²) in [7, 11) is 0. The van der Waals surface area contributed by atoms with Crippen molar-refractivity contribution in [1.29, 1.82) is 0 Å². The Morgan fingerprint density at radius 3 is 2.07 bits per heavy atom. The van der Waals surface area contributed by atoms with E-state index in [1.54, 1.807) is 31.2 Å². The largest absolute Gasteiger partial charge is 0.353 e. The van der Waals surface area contributed by atoms with Gasteiger partial charge in [0, 0.05) is 18.2 Å². The fourth-order valence-electron chi connectivity index (χ4n) is 3.26. The third-order valence-electron chi connectivity index (χ3n) is 4.93. The Bertz CT molecular complexity index is 730. The van der Waals surface area contributed by atoms with Crippen molar-refractivity contribution < 1.29 is 9.59 Å². The van der Waals surface area contributed by atoms with Gasteiger partial charge in [-0.05, 0) is 44.1 Å². The number of rotatable bonds is 10. The van der Waals surface area contributed by atoms with E-state index in [-0.39, 0.29) is 17.9 Å². The molecule has 150 valence electrons. The molecule has 0 heterocycles. The first kappa shape index (κ1) is 21.6. The van der Waals surface area contributed by atoms with Gasteiger partial charge in [0.2, 0.25) is 5.91 Å². The third-order valence-corrected chi connectivity index (χ3v) is 4.93. The van der Waals surface area contributed by atoms with Crippen LogP contribution < -0.4 is 10.6 Å². The van der Waals surface area contributed by atoms with E-state index in [9.17, 15) is 9.59 Å². The van der Waals surface area contributed by atoms with Gasteiger partial charge in [-0.3, -0.25) is 14.5 Å². The number of nitrogens with zero attached hydrogens (tertiary/aromatic N) is 1. The molecular formula is C23H31N3O2. The molecule has 28 heavy (non-hydrogen) atoms. The van der Waals surface area contributed by atoms with Crippen LogP contribution in [0.15, 0.2) is 60.7 Å². The van der Waals surface area contributed by atoms with Crippen LogP contribution in [0.1, 0.15) is 36.7 Å². The Labute approximate surface area is 168 Å². The van der Waals surface area contributed by atoms with Crippen molar-refractivity contribution in [3.05, 3.63) is 71.8 Å². The Morgan fingerprint density at radius 1 is 0.929 bits per heavy atom. The minimum Gasteiger partial charge on any atom is -0.353 e. The number of carbonyl (C=O) groups excluding carboxylic acids is 2. The number of nitrogens with one attached hydrogen (secondary N) is 2. The number of amides is 2. The highest BCUT2D eigenvalue weighted by atomic mass is 16.2. The average molecular weight is 382 g/mol. The topological polar surface area (TPSA) is 61.4 Å². The smallest absolute Gasteiger partial charge is 0.251 e. The van der Waals surface area contributed by atoms with Gasteiger partial charge >= 0.3 is 0 Å². The zero-order valence-corrected chi connectivity index (χ0v) is 17.0. The van der Waals surface area contributed by atoms with E-state index in [4.69, 9.17) is 0 Å². The summed E-state index contributed by atoms with van der Waals surface area (Å²) in [6, 6.07) is 18.8. The van der Waals surface area contributed by atoms with Crippen LogP contribution in [0.5, 0.6) is 0 Å². The molecule has 2 rings (SSSR count). The number of likely N-dealkylation sites (N-methyl/N-ethyl adjacent to an activating group) is 1. The van der Waals surface area contributed by atoms with E-state index in [2.05, 4.69) is 41.5 Å². The van der Waals surface area contributed by atoms with Crippen molar-refractivity contribution in [2.75, 3.05) is 19.6 Å². The molecule has 2 atom stereocenters. The molecule has 0 spiro atoms. The van der Waals surface area contributed by atoms with Gasteiger partial charge in [-0.1, -0.05) is 62.4 Å². The van der Waals surface area contributed by atoms with Crippen LogP contribution in [0.4, 0.5) is 0 Å². The van der Waals surface area contributed by atoms with Crippen molar-refractivity contribution in [3.63, 3.8) is 0 Å². The van der Waals surface area contributed by atoms with Crippen LogP contribution in [0, 0.1) is 0 Å². The van der Waals surface area contributed by atoms with E-state index in [0.717, 1.165) is 19.5 Å². The van der Waals surface area contributed by atoms with Crippen LogP contribution in [0.2, 0.25) is 0 Å². The summed E-state index contributed by atoms with van der Waals surface area (Å²) >= 11 is 0. The fraction of sp³-hybridized carbons (Fsp3) is 0.391. The molecule has 0 bridgehead atoms. The van der Waals surface area contributed by atoms with E-state index >= 15 is 0 Å².